The zero-order chi connectivity index (χ0) is 17.8. The van der Waals surface area contributed by atoms with Gasteiger partial charge in [-0.25, -0.2) is 9.18 Å². The molecule has 0 radical (unpaired) electrons. The summed E-state index contributed by atoms with van der Waals surface area (Å²) in [6.07, 6.45) is -2.03. The second kappa shape index (κ2) is 7.21. The molecule has 0 aliphatic carbocycles. The van der Waals surface area contributed by atoms with E-state index in [1.54, 1.807) is 24.3 Å². The Morgan fingerprint density at radius 1 is 1.20 bits per heavy atom. The minimum Gasteiger partial charge on any atom is -0.485 e. The van der Waals surface area contributed by atoms with Gasteiger partial charge in [0.15, 0.2) is 17.6 Å². The SMILES string of the molecule is C[C@H](OC(=O)[C@@H]1COc2ccccc2O1)C(=O)Nc1cccc(F)c1. The fourth-order valence-corrected chi connectivity index (χ4v) is 2.25. The Morgan fingerprint density at radius 3 is 2.72 bits per heavy atom. The van der Waals surface area contributed by atoms with Crippen LogP contribution in [0.1, 0.15) is 6.92 Å². The molecule has 3 rings (SSSR count). The van der Waals surface area contributed by atoms with E-state index in [-0.39, 0.29) is 12.3 Å². The highest BCUT2D eigenvalue weighted by Gasteiger charge is 2.31. The Bertz CT molecular complexity index is 795. The van der Waals surface area contributed by atoms with E-state index >= 15 is 0 Å². The molecule has 0 aromatic heterocycles. The molecule has 2 aromatic carbocycles. The first-order chi connectivity index (χ1) is 12.0. The summed E-state index contributed by atoms with van der Waals surface area (Å²) in [5.74, 6) is -0.780. The van der Waals surface area contributed by atoms with Gasteiger partial charge in [-0.05, 0) is 37.3 Å². The number of carbonyl (C=O) groups excluding carboxylic acids is 2. The van der Waals surface area contributed by atoms with Gasteiger partial charge in [0.1, 0.15) is 12.4 Å². The Labute approximate surface area is 143 Å². The average Bonchev–Trinajstić information content (AvgIpc) is 2.61. The Kier molecular flexibility index (Phi) is 4.83. The van der Waals surface area contributed by atoms with Gasteiger partial charge in [0.2, 0.25) is 6.10 Å². The van der Waals surface area contributed by atoms with Gasteiger partial charge in [-0.15, -0.1) is 0 Å². The summed E-state index contributed by atoms with van der Waals surface area (Å²) in [5, 5.41) is 2.48. The standard InChI is InChI=1S/C18H16FNO5/c1-11(17(21)20-13-6-4-5-12(19)9-13)24-18(22)16-10-23-14-7-2-3-8-15(14)25-16/h2-9,11,16H,10H2,1H3,(H,20,21)/t11-,16-/m0/s1. The minimum absolute atomic E-state index is 0.00587. The van der Waals surface area contributed by atoms with Crippen molar-refractivity contribution in [3.05, 3.63) is 54.3 Å². The number of carbonyl (C=O) groups is 2. The van der Waals surface area contributed by atoms with Gasteiger partial charge >= 0.3 is 5.97 Å². The molecular weight excluding hydrogens is 329 g/mol. The van der Waals surface area contributed by atoms with Crippen LogP contribution in [0.15, 0.2) is 48.5 Å². The number of hydrogen-bond donors (Lipinski definition) is 1. The summed E-state index contributed by atoms with van der Waals surface area (Å²) in [7, 11) is 0. The fourth-order valence-electron chi connectivity index (χ4n) is 2.25. The topological polar surface area (TPSA) is 73.9 Å². The Morgan fingerprint density at radius 2 is 1.96 bits per heavy atom. The van der Waals surface area contributed by atoms with E-state index in [2.05, 4.69) is 5.32 Å². The quantitative estimate of drug-likeness (QED) is 0.862. The molecule has 0 saturated heterocycles. The first-order valence-corrected chi connectivity index (χ1v) is 7.68. The molecule has 0 saturated carbocycles. The number of hydrogen-bond acceptors (Lipinski definition) is 5. The van der Waals surface area contributed by atoms with Crippen molar-refractivity contribution in [2.45, 2.75) is 19.1 Å². The predicted molar refractivity (Wildman–Crippen MR) is 86.9 cm³/mol. The second-order valence-corrected chi connectivity index (χ2v) is 5.44. The third-order valence-electron chi connectivity index (χ3n) is 3.53. The van der Waals surface area contributed by atoms with Gasteiger partial charge in [-0.1, -0.05) is 18.2 Å². The van der Waals surface area contributed by atoms with Crippen molar-refractivity contribution in [2.24, 2.45) is 0 Å². The zero-order valence-electron chi connectivity index (χ0n) is 13.4. The van der Waals surface area contributed by atoms with Crippen molar-refractivity contribution >= 4 is 17.6 Å². The number of halogens is 1. The number of rotatable bonds is 4. The van der Waals surface area contributed by atoms with Crippen LogP contribution in [0.2, 0.25) is 0 Å². The third kappa shape index (κ3) is 4.06. The molecule has 0 bridgehead atoms. The van der Waals surface area contributed by atoms with E-state index in [0.29, 0.717) is 11.5 Å². The molecule has 1 aliphatic rings. The molecule has 6 nitrogen and oxygen atoms in total. The zero-order valence-corrected chi connectivity index (χ0v) is 13.4. The highest BCUT2D eigenvalue weighted by Crippen LogP contribution is 2.31. The molecule has 25 heavy (non-hydrogen) atoms. The van der Waals surface area contributed by atoms with Crippen LogP contribution in [-0.4, -0.2) is 30.7 Å². The monoisotopic (exact) mass is 345 g/mol. The smallest absolute Gasteiger partial charge is 0.351 e. The molecule has 1 aliphatic heterocycles. The van der Waals surface area contributed by atoms with E-state index in [0.717, 1.165) is 0 Å². The molecule has 1 amide bonds. The lowest BCUT2D eigenvalue weighted by Gasteiger charge is -2.25. The molecule has 7 heteroatoms. The van der Waals surface area contributed by atoms with Gasteiger partial charge in [0.05, 0.1) is 0 Å². The second-order valence-electron chi connectivity index (χ2n) is 5.44. The number of anilines is 1. The summed E-state index contributed by atoms with van der Waals surface area (Å²) in [6, 6.07) is 12.4. The van der Waals surface area contributed by atoms with Crippen molar-refractivity contribution in [1.29, 1.82) is 0 Å². The van der Waals surface area contributed by atoms with Crippen LogP contribution in [0.4, 0.5) is 10.1 Å². The van der Waals surface area contributed by atoms with Crippen LogP contribution in [0, 0.1) is 5.82 Å². The number of benzene rings is 2. The largest absolute Gasteiger partial charge is 0.485 e. The molecular formula is C18H16FNO5. The number of ether oxygens (including phenoxy) is 3. The van der Waals surface area contributed by atoms with Gasteiger partial charge < -0.3 is 19.5 Å². The molecule has 2 atom stereocenters. The van der Waals surface area contributed by atoms with Crippen molar-refractivity contribution < 1.29 is 28.2 Å². The van der Waals surface area contributed by atoms with Crippen molar-refractivity contribution in [3.8, 4) is 11.5 Å². The van der Waals surface area contributed by atoms with E-state index in [1.165, 1.54) is 31.2 Å². The number of fused-ring (bicyclic) bond motifs is 1. The maximum atomic E-state index is 13.1. The molecule has 2 aromatic rings. The molecule has 0 fully saturated rings. The van der Waals surface area contributed by atoms with Crippen molar-refractivity contribution in [3.63, 3.8) is 0 Å². The molecule has 0 unspecified atom stereocenters. The predicted octanol–water partition coefficient (Wildman–Crippen LogP) is 2.54. The Balaban J connectivity index is 1.56. The highest BCUT2D eigenvalue weighted by molar-refractivity contribution is 5.95. The Hall–Kier alpha value is -3.09. The maximum Gasteiger partial charge on any atom is 0.351 e. The fraction of sp³-hybridized carbons (Fsp3) is 0.222. The molecule has 130 valence electrons. The van der Waals surface area contributed by atoms with Gasteiger partial charge in [0.25, 0.3) is 5.91 Å². The number of amides is 1. The summed E-state index contributed by atoms with van der Waals surface area (Å²) in [6.45, 7) is 1.41. The highest BCUT2D eigenvalue weighted by atomic mass is 19.1. The van der Waals surface area contributed by atoms with E-state index in [4.69, 9.17) is 14.2 Å². The van der Waals surface area contributed by atoms with Crippen LogP contribution >= 0.6 is 0 Å². The molecule has 1 N–H and O–H groups in total. The van der Waals surface area contributed by atoms with Crippen molar-refractivity contribution in [1.82, 2.24) is 0 Å². The normalized spacial score (nSPS) is 16.6. The van der Waals surface area contributed by atoms with Crippen LogP contribution in [0.3, 0.4) is 0 Å². The summed E-state index contributed by atoms with van der Waals surface area (Å²) in [5.41, 5.74) is 0.277. The van der Waals surface area contributed by atoms with Crippen LogP contribution in [0.5, 0.6) is 11.5 Å². The molecule has 1 heterocycles. The lowest BCUT2D eigenvalue weighted by atomic mass is 10.2. The average molecular weight is 345 g/mol. The lowest BCUT2D eigenvalue weighted by Crippen LogP contribution is -2.41. The van der Waals surface area contributed by atoms with Gasteiger partial charge in [-0.3, -0.25) is 4.79 Å². The van der Waals surface area contributed by atoms with Gasteiger partial charge in [-0.2, -0.15) is 0 Å². The van der Waals surface area contributed by atoms with E-state index < -0.39 is 29.9 Å². The lowest BCUT2D eigenvalue weighted by molar-refractivity contribution is -0.162. The van der Waals surface area contributed by atoms with Crippen LogP contribution < -0.4 is 14.8 Å². The first-order valence-electron chi connectivity index (χ1n) is 7.68. The summed E-state index contributed by atoms with van der Waals surface area (Å²) >= 11 is 0. The van der Waals surface area contributed by atoms with Crippen LogP contribution in [-0.2, 0) is 14.3 Å². The first kappa shape index (κ1) is 16.8. The third-order valence-corrected chi connectivity index (χ3v) is 3.53. The summed E-state index contributed by atoms with van der Waals surface area (Å²) < 4.78 is 29.2. The minimum atomic E-state index is -1.07. The van der Waals surface area contributed by atoms with E-state index in [1.807, 2.05) is 0 Å². The number of esters is 1. The summed E-state index contributed by atoms with van der Waals surface area (Å²) in [4.78, 5) is 24.2. The van der Waals surface area contributed by atoms with Gasteiger partial charge in [0, 0.05) is 5.69 Å². The van der Waals surface area contributed by atoms with Crippen LogP contribution in [0.25, 0.3) is 0 Å². The number of para-hydroxylation sites is 2. The van der Waals surface area contributed by atoms with E-state index in [9.17, 15) is 14.0 Å². The maximum absolute atomic E-state index is 13.1. The molecule has 0 spiro atoms. The van der Waals surface area contributed by atoms with Crippen molar-refractivity contribution in [2.75, 3.05) is 11.9 Å². The number of nitrogens with one attached hydrogen (secondary N) is 1.